The number of rotatable bonds is 4. The number of hydrogen-bond acceptors (Lipinski definition) is 4. The van der Waals surface area contributed by atoms with Crippen LogP contribution in [0.5, 0.6) is 5.88 Å². The van der Waals surface area contributed by atoms with Gasteiger partial charge in [0.1, 0.15) is 6.07 Å². The quantitative estimate of drug-likeness (QED) is 0.860. The first-order valence-electron chi connectivity index (χ1n) is 5.74. The van der Waals surface area contributed by atoms with Crippen molar-refractivity contribution in [2.24, 2.45) is 0 Å². The summed E-state index contributed by atoms with van der Waals surface area (Å²) < 4.78 is 26.0. The lowest BCUT2D eigenvalue weighted by Crippen LogP contribution is -2.06. The normalized spacial score (nSPS) is 12.0. The van der Waals surface area contributed by atoms with Crippen LogP contribution in [-0.4, -0.2) is 18.5 Å². The molecular formula is C12H9Cl2N3O3S. The molecule has 1 aromatic heterocycles. The van der Waals surface area contributed by atoms with Crippen molar-refractivity contribution in [1.82, 2.24) is 9.78 Å². The van der Waals surface area contributed by atoms with Gasteiger partial charge in [-0.2, -0.15) is 19.3 Å². The summed E-state index contributed by atoms with van der Waals surface area (Å²) in [6.45, 7) is 1.78. The molecule has 1 heterocycles. The fraction of sp³-hybridized carbons (Fsp3) is 0.167. The van der Waals surface area contributed by atoms with E-state index in [9.17, 15) is 4.21 Å². The van der Waals surface area contributed by atoms with Gasteiger partial charge in [-0.25, -0.2) is 0 Å². The Balaban J connectivity index is 2.70. The monoisotopic (exact) mass is 345 g/mol. The summed E-state index contributed by atoms with van der Waals surface area (Å²) in [6, 6.07) is 6.58. The fourth-order valence-corrected chi connectivity index (χ4v) is 2.61. The number of benzene rings is 1. The summed E-state index contributed by atoms with van der Waals surface area (Å²) in [6.07, 6.45) is 0.403. The highest BCUT2D eigenvalue weighted by Gasteiger charge is 2.22. The summed E-state index contributed by atoms with van der Waals surface area (Å²) >= 11 is 9.38. The van der Waals surface area contributed by atoms with E-state index in [-0.39, 0.29) is 16.6 Å². The first-order chi connectivity index (χ1) is 9.97. The molecule has 2 aromatic rings. The van der Waals surface area contributed by atoms with Crippen LogP contribution >= 0.6 is 23.2 Å². The Hall–Kier alpha value is -1.59. The molecule has 2 rings (SSSR count). The van der Waals surface area contributed by atoms with Crippen LogP contribution in [0, 0.1) is 11.3 Å². The molecule has 1 atom stereocenters. The summed E-state index contributed by atoms with van der Waals surface area (Å²) in [5, 5.41) is 13.9. The van der Waals surface area contributed by atoms with Crippen LogP contribution in [0.2, 0.25) is 10.0 Å². The molecule has 0 aliphatic heterocycles. The van der Waals surface area contributed by atoms with Crippen molar-refractivity contribution in [1.29, 1.82) is 5.26 Å². The predicted molar refractivity (Wildman–Crippen MR) is 79.1 cm³/mol. The Labute approximate surface area is 133 Å². The first-order valence-corrected chi connectivity index (χ1v) is 7.53. The maximum atomic E-state index is 11.0. The van der Waals surface area contributed by atoms with Crippen molar-refractivity contribution in [2.45, 2.75) is 13.3 Å². The van der Waals surface area contributed by atoms with E-state index in [0.29, 0.717) is 22.7 Å². The third-order valence-electron chi connectivity index (χ3n) is 2.68. The third-order valence-corrected chi connectivity index (χ3v) is 3.52. The largest absolute Gasteiger partial charge is 0.359 e. The average molecular weight is 346 g/mol. The molecule has 0 radical (unpaired) electrons. The molecule has 110 valence electrons. The molecule has 6 nitrogen and oxygen atoms in total. The maximum Gasteiger partial charge on any atom is 0.359 e. The number of halogens is 2. The summed E-state index contributed by atoms with van der Waals surface area (Å²) in [5.41, 5.74) is 0.910. The summed E-state index contributed by atoms with van der Waals surface area (Å²) in [7, 11) is 0. The number of nitriles is 1. The summed E-state index contributed by atoms with van der Waals surface area (Å²) in [5.74, 6) is -0.000828. The number of aromatic nitrogens is 2. The minimum absolute atomic E-state index is 0.000828. The topological polar surface area (TPSA) is 88.1 Å². The first kappa shape index (κ1) is 15.8. The van der Waals surface area contributed by atoms with E-state index in [2.05, 4.69) is 5.10 Å². The smallest absolute Gasteiger partial charge is 0.359 e. The van der Waals surface area contributed by atoms with Gasteiger partial charge in [0, 0.05) is 5.02 Å². The zero-order valence-corrected chi connectivity index (χ0v) is 13.0. The van der Waals surface area contributed by atoms with Crippen molar-refractivity contribution < 1.29 is 12.9 Å². The molecule has 1 N–H and O–H groups in total. The van der Waals surface area contributed by atoms with Crippen molar-refractivity contribution in [3.8, 4) is 17.6 Å². The Morgan fingerprint density at radius 3 is 2.76 bits per heavy atom. The lowest BCUT2D eigenvalue weighted by molar-refractivity contribution is 0.438. The maximum absolute atomic E-state index is 11.0. The predicted octanol–water partition coefficient (Wildman–Crippen LogP) is 3.13. The lowest BCUT2D eigenvalue weighted by Gasteiger charge is -2.09. The zero-order valence-electron chi connectivity index (χ0n) is 10.7. The molecule has 21 heavy (non-hydrogen) atoms. The van der Waals surface area contributed by atoms with E-state index >= 15 is 0 Å². The second-order valence-corrected chi connectivity index (χ2v) is 5.35. The third kappa shape index (κ3) is 3.19. The molecule has 0 aliphatic rings. The van der Waals surface area contributed by atoms with Crippen molar-refractivity contribution >= 4 is 34.6 Å². The highest BCUT2D eigenvalue weighted by Crippen LogP contribution is 2.31. The zero-order chi connectivity index (χ0) is 15.6. The highest BCUT2D eigenvalue weighted by atomic mass is 35.5. The van der Waals surface area contributed by atoms with Crippen molar-refractivity contribution in [2.75, 3.05) is 0 Å². The lowest BCUT2D eigenvalue weighted by atomic mass is 10.2. The molecule has 0 amide bonds. The van der Waals surface area contributed by atoms with Crippen molar-refractivity contribution in [3.63, 3.8) is 0 Å². The molecule has 1 unspecified atom stereocenters. The summed E-state index contributed by atoms with van der Waals surface area (Å²) in [4.78, 5) is 0. The average Bonchev–Trinajstić information content (AvgIpc) is 2.75. The minimum Gasteiger partial charge on any atom is -0.359 e. The standard InChI is InChI=1S/C12H9Cl2N3O3S/c1-2-8-10(6-15)16-17(12(8)20-21(18)19)11-4-3-7(13)5-9(11)14/h3-5H,2H2,1H3,(H,18,19). The molecule has 0 fully saturated rings. The molecule has 0 spiro atoms. The number of hydrogen-bond donors (Lipinski definition) is 1. The molecule has 0 bridgehead atoms. The van der Waals surface area contributed by atoms with Gasteiger partial charge >= 0.3 is 11.4 Å². The van der Waals surface area contributed by atoms with Crippen LogP contribution in [0.4, 0.5) is 0 Å². The highest BCUT2D eigenvalue weighted by molar-refractivity contribution is 7.74. The Bertz CT molecular complexity index is 755. The molecule has 0 saturated carbocycles. The van der Waals surface area contributed by atoms with Gasteiger partial charge in [-0.1, -0.05) is 30.1 Å². The van der Waals surface area contributed by atoms with Gasteiger partial charge in [0.05, 0.1) is 16.3 Å². The SMILES string of the molecule is CCc1c(C#N)nn(-c2ccc(Cl)cc2Cl)c1OS(=O)O. The second-order valence-electron chi connectivity index (χ2n) is 3.91. The molecule has 0 saturated heterocycles. The van der Waals surface area contributed by atoms with Crippen LogP contribution in [-0.2, 0) is 17.8 Å². The van der Waals surface area contributed by atoms with Gasteiger partial charge in [-0.05, 0) is 24.6 Å². The molecule has 1 aromatic carbocycles. The van der Waals surface area contributed by atoms with E-state index in [1.54, 1.807) is 19.1 Å². The van der Waals surface area contributed by atoms with Gasteiger partial charge in [0.25, 0.3) is 0 Å². The van der Waals surface area contributed by atoms with E-state index in [0.717, 1.165) is 0 Å². The van der Waals surface area contributed by atoms with Gasteiger partial charge in [-0.3, -0.25) is 4.55 Å². The van der Waals surface area contributed by atoms with E-state index in [1.165, 1.54) is 10.7 Å². The minimum atomic E-state index is -2.55. The van der Waals surface area contributed by atoms with Gasteiger partial charge < -0.3 is 4.18 Å². The Morgan fingerprint density at radius 1 is 1.52 bits per heavy atom. The van der Waals surface area contributed by atoms with Crippen molar-refractivity contribution in [3.05, 3.63) is 39.5 Å². The molecular weight excluding hydrogens is 337 g/mol. The number of nitrogens with zero attached hydrogens (tertiary/aromatic N) is 3. The van der Waals surface area contributed by atoms with Gasteiger partial charge in [0.2, 0.25) is 5.88 Å². The van der Waals surface area contributed by atoms with Crippen LogP contribution in [0.25, 0.3) is 5.69 Å². The van der Waals surface area contributed by atoms with E-state index in [4.69, 9.17) is 37.2 Å². The van der Waals surface area contributed by atoms with Crippen LogP contribution < -0.4 is 4.18 Å². The Kier molecular flexibility index (Phi) is 4.85. The second kappa shape index (κ2) is 6.45. The molecule has 9 heteroatoms. The van der Waals surface area contributed by atoms with Crippen LogP contribution in [0.1, 0.15) is 18.2 Å². The van der Waals surface area contributed by atoms with Gasteiger partial charge in [0.15, 0.2) is 5.69 Å². The van der Waals surface area contributed by atoms with E-state index in [1.807, 2.05) is 6.07 Å². The van der Waals surface area contributed by atoms with Gasteiger partial charge in [-0.15, -0.1) is 0 Å². The fourth-order valence-electron chi connectivity index (χ4n) is 1.81. The van der Waals surface area contributed by atoms with E-state index < -0.39 is 11.4 Å². The Morgan fingerprint density at radius 2 is 2.24 bits per heavy atom. The van der Waals surface area contributed by atoms with Crippen LogP contribution in [0.3, 0.4) is 0 Å². The molecule has 0 aliphatic carbocycles. The van der Waals surface area contributed by atoms with Crippen LogP contribution in [0.15, 0.2) is 18.2 Å².